The van der Waals surface area contributed by atoms with Gasteiger partial charge in [0.15, 0.2) is 0 Å². The highest BCUT2D eigenvalue weighted by atomic mass is 35.5. The Kier molecular flexibility index (Phi) is 5.85. The largest absolute Gasteiger partial charge is 0.494 e. The minimum Gasteiger partial charge on any atom is -0.494 e. The highest BCUT2D eigenvalue weighted by molar-refractivity contribution is 6.42. The SMILES string of the molecule is Cc1c(C=Nc2ccc(Cl)c(Cl)c2)c(O)n(C[C@@H]2CCCO2)c(=O)c1C#N. The molecule has 140 valence electrons. The normalized spacial score (nSPS) is 16.7. The Balaban J connectivity index is 2.05. The maximum Gasteiger partial charge on any atom is 0.271 e. The van der Waals surface area contributed by atoms with Gasteiger partial charge in [-0.15, -0.1) is 0 Å². The third kappa shape index (κ3) is 4.01. The number of nitriles is 1. The average molecular weight is 406 g/mol. The van der Waals surface area contributed by atoms with Crippen LogP contribution in [0.4, 0.5) is 5.69 Å². The number of aromatic hydroxyl groups is 1. The van der Waals surface area contributed by atoms with Gasteiger partial charge in [-0.25, -0.2) is 0 Å². The van der Waals surface area contributed by atoms with E-state index in [1.807, 2.05) is 6.07 Å². The Labute approximate surface area is 166 Å². The number of ether oxygens (including phenoxy) is 1. The fraction of sp³-hybridized carbons (Fsp3) is 0.316. The first kappa shape index (κ1) is 19.4. The van der Waals surface area contributed by atoms with Crippen molar-refractivity contribution in [1.29, 1.82) is 5.26 Å². The Hall–Kier alpha value is -2.33. The molecule has 1 N–H and O–H groups in total. The molecule has 0 radical (unpaired) electrons. The summed E-state index contributed by atoms with van der Waals surface area (Å²) in [5.41, 5.74) is 0.636. The predicted octanol–water partition coefficient (Wildman–Crippen LogP) is 3.97. The van der Waals surface area contributed by atoms with Gasteiger partial charge in [0.2, 0.25) is 5.88 Å². The maximum atomic E-state index is 12.6. The van der Waals surface area contributed by atoms with Crippen molar-refractivity contribution in [2.75, 3.05) is 6.61 Å². The quantitative estimate of drug-likeness (QED) is 0.779. The number of halogens is 2. The van der Waals surface area contributed by atoms with Crippen LogP contribution < -0.4 is 5.56 Å². The topological polar surface area (TPSA) is 87.6 Å². The number of rotatable bonds is 4. The standard InChI is InChI=1S/C19H17Cl2N3O3/c1-11-14(8-22)18(25)24(10-13-3-2-6-27-13)19(26)15(11)9-23-12-4-5-16(20)17(21)7-12/h4-5,7,9,13,26H,2-3,6,10H2,1H3/t13-/m0/s1. The Morgan fingerprint density at radius 2 is 2.22 bits per heavy atom. The molecule has 0 amide bonds. The van der Waals surface area contributed by atoms with E-state index in [1.54, 1.807) is 25.1 Å². The molecule has 0 aliphatic carbocycles. The van der Waals surface area contributed by atoms with E-state index < -0.39 is 5.56 Å². The van der Waals surface area contributed by atoms with Gasteiger partial charge in [0.1, 0.15) is 11.6 Å². The van der Waals surface area contributed by atoms with Crippen LogP contribution in [0.5, 0.6) is 5.88 Å². The Bertz CT molecular complexity index is 1000. The first-order chi connectivity index (χ1) is 12.9. The molecule has 1 aliphatic heterocycles. The molecular weight excluding hydrogens is 389 g/mol. The number of pyridine rings is 1. The number of hydrogen-bond donors (Lipinski definition) is 1. The molecule has 8 heteroatoms. The van der Waals surface area contributed by atoms with Gasteiger partial charge in [0, 0.05) is 12.8 Å². The molecule has 3 rings (SSSR count). The highest BCUT2D eigenvalue weighted by Gasteiger charge is 2.22. The minimum absolute atomic E-state index is 0.0265. The van der Waals surface area contributed by atoms with E-state index in [9.17, 15) is 15.2 Å². The zero-order valence-corrected chi connectivity index (χ0v) is 16.1. The van der Waals surface area contributed by atoms with Gasteiger partial charge >= 0.3 is 0 Å². The van der Waals surface area contributed by atoms with Crippen LogP contribution in [0.25, 0.3) is 0 Å². The van der Waals surface area contributed by atoms with E-state index in [2.05, 4.69) is 4.99 Å². The lowest BCUT2D eigenvalue weighted by molar-refractivity contribution is 0.0938. The van der Waals surface area contributed by atoms with Crippen LogP contribution >= 0.6 is 23.2 Å². The average Bonchev–Trinajstić information content (AvgIpc) is 3.15. The monoisotopic (exact) mass is 405 g/mol. The van der Waals surface area contributed by atoms with E-state index in [-0.39, 0.29) is 24.1 Å². The lowest BCUT2D eigenvalue weighted by Crippen LogP contribution is -2.29. The van der Waals surface area contributed by atoms with Crippen molar-refractivity contribution in [1.82, 2.24) is 4.57 Å². The first-order valence-electron chi connectivity index (χ1n) is 8.39. The molecule has 0 saturated carbocycles. The Morgan fingerprint density at radius 3 is 2.85 bits per heavy atom. The second kappa shape index (κ2) is 8.13. The maximum absolute atomic E-state index is 12.6. The molecule has 1 fully saturated rings. The van der Waals surface area contributed by atoms with Crippen molar-refractivity contribution in [2.24, 2.45) is 4.99 Å². The van der Waals surface area contributed by atoms with Crippen molar-refractivity contribution in [2.45, 2.75) is 32.4 Å². The van der Waals surface area contributed by atoms with Gasteiger partial charge in [-0.05, 0) is 43.5 Å². The van der Waals surface area contributed by atoms with Gasteiger partial charge in [0.05, 0.1) is 33.9 Å². The molecule has 1 aromatic heterocycles. The van der Waals surface area contributed by atoms with Crippen LogP contribution in [0.3, 0.4) is 0 Å². The van der Waals surface area contributed by atoms with E-state index in [0.29, 0.717) is 33.5 Å². The van der Waals surface area contributed by atoms with E-state index in [4.69, 9.17) is 27.9 Å². The molecule has 2 heterocycles. The molecule has 1 saturated heterocycles. The molecule has 6 nitrogen and oxygen atoms in total. The van der Waals surface area contributed by atoms with Crippen LogP contribution in [-0.2, 0) is 11.3 Å². The fourth-order valence-corrected chi connectivity index (χ4v) is 3.28. The summed E-state index contributed by atoms with van der Waals surface area (Å²) in [7, 11) is 0. The lowest BCUT2D eigenvalue weighted by Gasteiger charge is -2.17. The van der Waals surface area contributed by atoms with E-state index in [0.717, 1.165) is 12.8 Å². The van der Waals surface area contributed by atoms with E-state index >= 15 is 0 Å². The number of benzene rings is 1. The molecule has 0 bridgehead atoms. The van der Waals surface area contributed by atoms with Gasteiger partial charge in [-0.3, -0.25) is 14.4 Å². The summed E-state index contributed by atoms with van der Waals surface area (Å²) in [5.74, 6) is -0.240. The summed E-state index contributed by atoms with van der Waals surface area (Å²) in [4.78, 5) is 16.9. The summed E-state index contributed by atoms with van der Waals surface area (Å²) in [6.45, 7) is 2.42. The Morgan fingerprint density at radius 1 is 1.44 bits per heavy atom. The molecule has 1 aliphatic rings. The van der Waals surface area contributed by atoms with Crippen molar-refractivity contribution < 1.29 is 9.84 Å². The molecule has 0 unspecified atom stereocenters. The summed E-state index contributed by atoms with van der Waals surface area (Å²) in [6.07, 6.45) is 2.95. The van der Waals surface area contributed by atoms with Gasteiger partial charge < -0.3 is 9.84 Å². The molecule has 1 atom stereocenters. The van der Waals surface area contributed by atoms with Crippen LogP contribution in [0.15, 0.2) is 28.0 Å². The fourth-order valence-electron chi connectivity index (χ4n) is 2.99. The van der Waals surface area contributed by atoms with Crippen LogP contribution in [0.2, 0.25) is 10.0 Å². The summed E-state index contributed by atoms with van der Waals surface area (Å²) >= 11 is 11.9. The smallest absolute Gasteiger partial charge is 0.271 e. The van der Waals surface area contributed by atoms with Gasteiger partial charge in [-0.2, -0.15) is 5.26 Å². The second-order valence-corrected chi connectivity index (χ2v) is 7.07. The van der Waals surface area contributed by atoms with Crippen molar-refractivity contribution in [3.8, 4) is 11.9 Å². The van der Waals surface area contributed by atoms with Crippen LogP contribution in [-0.4, -0.2) is 28.6 Å². The predicted molar refractivity (Wildman–Crippen MR) is 105 cm³/mol. The highest BCUT2D eigenvalue weighted by Crippen LogP contribution is 2.27. The molecular formula is C19H17Cl2N3O3. The lowest BCUT2D eigenvalue weighted by atomic mass is 10.1. The third-order valence-electron chi connectivity index (χ3n) is 4.50. The van der Waals surface area contributed by atoms with Gasteiger partial charge in [-0.1, -0.05) is 23.2 Å². The van der Waals surface area contributed by atoms with Crippen LogP contribution in [0, 0.1) is 18.3 Å². The zero-order valence-electron chi connectivity index (χ0n) is 14.6. The number of aliphatic imine (C=N–C) groups is 1. The number of hydrogen-bond acceptors (Lipinski definition) is 5. The zero-order chi connectivity index (χ0) is 19.6. The van der Waals surface area contributed by atoms with Crippen LogP contribution in [0.1, 0.15) is 29.5 Å². The van der Waals surface area contributed by atoms with Gasteiger partial charge in [0.25, 0.3) is 5.56 Å². The molecule has 27 heavy (non-hydrogen) atoms. The van der Waals surface area contributed by atoms with Crippen molar-refractivity contribution in [3.05, 3.63) is 55.3 Å². The number of nitrogens with zero attached hydrogens (tertiary/aromatic N) is 3. The second-order valence-electron chi connectivity index (χ2n) is 6.26. The third-order valence-corrected chi connectivity index (χ3v) is 5.24. The summed E-state index contributed by atoms with van der Waals surface area (Å²) in [6, 6.07) is 6.79. The van der Waals surface area contributed by atoms with Crippen molar-refractivity contribution in [3.63, 3.8) is 0 Å². The number of aromatic nitrogens is 1. The molecule has 0 spiro atoms. The van der Waals surface area contributed by atoms with E-state index in [1.165, 1.54) is 10.8 Å². The molecule has 1 aromatic carbocycles. The minimum atomic E-state index is -0.533. The van der Waals surface area contributed by atoms with Crippen molar-refractivity contribution >= 4 is 35.1 Å². The summed E-state index contributed by atoms with van der Waals surface area (Å²) < 4.78 is 6.73. The molecule has 2 aromatic rings. The summed E-state index contributed by atoms with van der Waals surface area (Å²) in [5, 5.41) is 20.8. The first-order valence-corrected chi connectivity index (χ1v) is 9.15.